The molecule has 0 fully saturated rings. The number of rotatable bonds is 2. The molecule has 0 saturated heterocycles. The van der Waals surface area contributed by atoms with Gasteiger partial charge in [-0.2, -0.15) is 5.26 Å². The number of aliphatic imine (C=N–C) groups is 1. The first-order valence-electron chi connectivity index (χ1n) is 4.75. The molecule has 2 heterocycles. The highest BCUT2D eigenvalue weighted by Gasteiger charge is 2.20. The summed E-state index contributed by atoms with van der Waals surface area (Å²) in [6, 6.07) is 7.91. The van der Waals surface area contributed by atoms with Gasteiger partial charge >= 0.3 is 0 Å². The minimum Gasteiger partial charge on any atom is -0.292 e. The van der Waals surface area contributed by atoms with E-state index in [0.717, 1.165) is 30.8 Å². The molecule has 14 heavy (non-hydrogen) atoms. The third-order valence-corrected chi connectivity index (χ3v) is 2.35. The van der Waals surface area contributed by atoms with Crippen molar-refractivity contribution in [2.24, 2.45) is 4.99 Å². The maximum Gasteiger partial charge on any atom is 0.126 e. The molecule has 1 atom stereocenters. The lowest BCUT2D eigenvalue weighted by Gasteiger charge is -2.07. The van der Waals surface area contributed by atoms with Gasteiger partial charge in [-0.3, -0.25) is 9.98 Å². The summed E-state index contributed by atoms with van der Waals surface area (Å²) in [5.41, 5.74) is 1.81. The molecule has 3 nitrogen and oxygen atoms in total. The van der Waals surface area contributed by atoms with Gasteiger partial charge in [0.25, 0.3) is 0 Å². The van der Waals surface area contributed by atoms with E-state index in [9.17, 15) is 0 Å². The average Bonchev–Trinajstić information content (AvgIpc) is 2.74. The molecule has 1 aliphatic rings. The van der Waals surface area contributed by atoms with Crippen molar-refractivity contribution < 1.29 is 0 Å². The lowest BCUT2D eigenvalue weighted by atomic mass is 9.98. The molecule has 0 aromatic carbocycles. The molecule has 1 aromatic heterocycles. The zero-order valence-electron chi connectivity index (χ0n) is 7.85. The van der Waals surface area contributed by atoms with Gasteiger partial charge in [0.05, 0.1) is 11.8 Å². The summed E-state index contributed by atoms with van der Waals surface area (Å²) >= 11 is 0. The van der Waals surface area contributed by atoms with E-state index in [2.05, 4.69) is 16.0 Å². The van der Waals surface area contributed by atoms with E-state index in [1.807, 2.05) is 18.2 Å². The normalized spacial score (nSPS) is 17.2. The fourth-order valence-corrected chi connectivity index (χ4v) is 1.66. The van der Waals surface area contributed by atoms with E-state index >= 15 is 0 Å². The van der Waals surface area contributed by atoms with E-state index in [0.29, 0.717) is 0 Å². The van der Waals surface area contributed by atoms with Crippen molar-refractivity contribution in [2.45, 2.75) is 18.8 Å². The molecule has 1 aliphatic heterocycles. The molecule has 3 heteroatoms. The number of aromatic nitrogens is 1. The van der Waals surface area contributed by atoms with Crippen molar-refractivity contribution in [1.82, 2.24) is 4.98 Å². The number of nitrogens with zero attached hydrogens (tertiary/aromatic N) is 3. The summed E-state index contributed by atoms with van der Waals surface area (Å²) in [7, 11) is 0. The summed E-state index contributed by atoms with van der Waals surface area (Å²) in [4.78, 5) is 8.53. The minimum atomic E-state index is -0.237. The molecule has 0 amide bonds. The van der Waals surface area contributed by atoms with Crippen LogP contribution in [0.3, 0.4) is 0 Å². The van der Waals surface area contributed by atoms with Crippen LogP contribution in [-0.4, -0.2) is 17.2 Å². The zero-order valence-corrected chi connectivity index (χ0v) is 7.85. The molecule has 0 saturated carbocycles. The second kappa shape index (κ2) is 4.01. The molecule has 1 aromatic rings. The van der Waals surface area contributed by atoms with Crippen LogP contribution in [0.1, 0.15) is 24.5 Å². The third kappa shape index (κ3) is 1.64. The van der Waals surface area contributed by atoms with Gasteiger partial charge in [-0.15, -0.1) is 0 Å². The summed E-state index contributed by atoms with van der Waals surface area (Å²) in [5, 5.41) is 9.07. The van der Waals surface area contributed by atoms with E-state index in [4.69, 9.17) is 5.26 Å². The first kappa shape index (κ1) is 8.89. The van der Waals surface area contributed by atoms with Crippen LogP contribution in [-0.2, 0) is 0 Å². The Morgan fingerprint density at radius 1 is 1.43 bits per heavy atom. The molecule has 2 rings (SSSR count). The van der Waals surface area contributed by atoms with Crippen LogP contribution in [0, 0.1) is 11.3 Å². The van der Waals surface area contributed by atoms with Gasteiger partial charge in [-0.05, 0) is 25.0 Å². The Kier molecular flexibility index (Phi) is 2.55. The topological polar surface area (TPSA) is 49.0 Å². The molecule has 70 valence electrons. The predicted molar refractivity (Wildman–Crippen MR) is 54.1 cm³/mol. The quantitative estimate of drug-likeness (QED) is 0.706. The van der Waals surface area contributed by atoms with Gasteiger partial charge in [-0.25, -0.2) is 0 Å². The summed E-state index contributed by atoms with van der Waals surface area (Å²) in [5.74, 6) is -0.237. The van der Waals surface area contributed by atoms with Crippen LogP contribution in [0.15, 0.2) is 29.4 Å². The maximum atomic E-state index is 9.07. The van der Waals surface area contributed by atoms with Crippen molar-refractivity contribution >= 4 is 5.71 Å². The number of hydrogen-bond donors (Lipinski definition) is 0. The first-order valence-corrected chi connectivity index (χ1v) is 4.75. The van der Waals surface area contributed by atoms with Crippen molar-refractivity contribution in [1.29, 1.82) is 5.26 Å². The van der Waals surface area contributed by atoms with E-state index < -0.39 is 0 Å². The molecule has 0 radical (unpaired) electrons. The van der Waals surface area contributed by atoms with Crippen LogP contribution >= 0.6 is 0 Å². The van der Waals surface area contributed by atoms with Crippen LogP contribution in [0.2, 0.25) is 0 Å². The molecule has 0 spiro atoms. The molecule has 0 N–H and O–H groups in total. The van der Waals surface area contributed by atoms with Gasteiger partial charge in [0.1, 0.15) is 5.92 Å². The Hall–Kier alpha value is -1.69. The summed E-state index contributed by atoms with van der Waals surface area (Å²) < 4.78 is 0. The smallest absolute Gasteiger partial charge is 0.126 e. The predicted octanol–water partition coefficient (Wildman–Crippen LogP) is 1.92. The van der Waals surface area contributed by atoms with Gasteiger partial charge < -0.3 is 0 Å². The highest BCUT2D eigenvalue weighted by Crippen LogP contribution is 2.20. The highest BCUT2D eigenvalue weighted by atomic mass is 14.8. The van der Waals surface area contributed by atoms with Crippen LogP contribution in [0.25, 0.3) is 0 Å². The summed E-state index contributed by atoms with van der Waals surface area (Å²) in [6.45, 7) is 0.861. The van der Waals surface area contributed by atoms with E-state index in [1.165, 1.54) is 0 Å². The highest BCUT2D eigenvalue weighted by molar-refractivity contribution is 5.94. The summed E-state index contributed by atoms with van der Waals surface area (Å²) in [6.07, 6.45) is 3.73. The Bertz CT molecular complexity index is 375. The molecular weight excluding hydrogens is 174 g/mol. The minimum absolute atomic E-state index is 0.237. The maximum absolute atomic E-state index is 9.07. The Balaban J connectivity index is 2.27. The van der Waals surface area contributed by atoms with Gasteiger partial charge in [0.15, 0.2) is 0 Å². The fourth-order valence-electron chi connectivity index (χ4n) is 1.66. The monoisotopic (exact) mass is 185 g/mol. The van der Waals surface area contributed by atoms with E-state index in [1.54, 1.807) is 6.20 Å². The van der Waals surface area contributed by atoms with Crippen LogP contribution in [0.5, 0.6) is 0 Å². The zero-order chi connectivity index (χ0) is 9.80. The van der Waals surface area contributed by atoms with Crippen molar-refractivity contribution in [3.8, 4) is 6.07 Å². The fraction of sp³-hybridized carbons (Fsp3) is 0.364. The lowest BCUT2D eigenvalue weighted by molar-refractivity contribution is 0.942. The Morgan fingerprint density at radius 3 is 2.93 bits per heavy atom. The van der Waals surface area contributed by atoms with Crippen LogP contribution in [0.4, 0.5) is 0 Å². The largest absolute Gasteiger partial charge is 0.292 e. The Morgan fingerprint density at radius 2 is 2.36 bits per heavy atom. The standard InChI is InChI=1S/C11H11N3/c12-8-9(11-5-3-7-14-11)10-4-1-2-6-13-10/h1-2,4,6,9H,3,5,7H2/t9-/m1/s1. The van der Waals surface area contributed by atoms with E-state index in [-0.39, 0.29) is 5.92 Å². The average molecular weight is 185 g/mol. The van der Waals surface area contributed by atoms with Crippen molar-refractivity contribution in [2.75, 3.05) is 6.54 Å². The SMILES string of the molecule is N#C[C@@H](C1=NCCC1)c1ccccn1. The molecule has 0 bridgehead atoms. The number of nitriles is 1. The second-order valence-electron chi connectivity index (χ2n) is 3.29. The third-order valence-electron chi connectivity index (χ3n) is 2.35. The van der Waals surface area contributed by atoms with Gasteiger partial charge in [0.2, 0.25) is 0 Å². The number of hydrogen-bond acceptors (Lipinski definition) is 3. The van der Waals surface area contributed by atoms with Crippen molar-refractivity contribution in [3.63, 3.8) is 0 Å². The first-order chi connectivity index (χ1) is 6.92. The number of pyridine rings is 1. The molecule has 0 unspecified atom stereocenters. The van der Waals surface area contributed by atoms with Gasteiger partial charge in [0, 0.05) is 18.5 Å². The van der Waals surface area contributed by atoms with Crippen LogP contribution < -0.4 is 0 Å². The van der Waals surface area contributed by atoms with Crippen molar-refractivity contribution in [3.05, 3.63) is 30.1 Å². The second-order valence-corrected chi connectivity index (χ2v) is 3.29. The Labute approximate surface area is 83.1 Å². The molecular formula is C11H11N3. The lowest BCUT2D eigenvalue weighted by Crippen LogP contribution is -2.09. The molecule has 0 aliphatic carbocycles. The van der Waals surface area contributed by atoms with Gasteiger partial charge in [-0.1, -0.05) is 6.07 Å².